The third-order valence-corrected chi connectivity index (χ3v) is 15.4. The first-order chi connectivity index (χ1) is 34.1. The van der Waals surface area contributed by atoms with Crippen molar-refractivity contribution >= 4 is 47.1 Å². The van der Waals surface area contributed by atoms with E-state index in [9.17, 15) is 28.8 Å². The number of hydrogen-bond acceptors (Lipinski definition) is 11. The van der Waals surface area contributed by atoms with Gasteiger partial charge in [-0.25, -0.2) is 4.79 Å². The number of urea groups is 1. The molecule has 0 spiro atoms. The molecule has 0 saturated carbocycles. The van der Waals surface area contributed by atoms with Gasteiger partial charge in [0.25, 0.3) is 5.91 Å². The van der Waals surface area contributed by atoms with Crippen molar-refractivity contribution in [2.24, 2.45) is 0 Å². The lowest BCUT2D eigenvalue weighted by Gasteiger charge is -2.38. The lowest BCUT2D eigenvalue weighted by molar-refractivity contribution is -0.136. The van der Waals surface area contributed by atoms with Crippen LogP contribution >= 0.6 is 11.8 Å². The van der Waals surface area contributed by atoms with E-state index in [-0.39, 0.29) is 104 Å². The quantitative estimate of drug-likeness (QED) is 0.0419. The van der Waals surface area contributed by atoms with Crippen LogP contribution in [0.1, 0.15) is 111 Å². The lowest BCUT2D eigenvalue weighted by atomic mass is 9.80. The summed E-state index contributed by atoms with van der Waals surface area (Å²) in [6, 6.07) is 31.6. The van der Waals surface area contributed by atoms with Gasteiger partial charge in [-0.15, -0.1) is 0 Å². The Bertz CT molecular complexity index is 2430. The molecule has 378 valence electrons. The van der Waals surface area contributed by atoms with Crippen LogP contribution in [-0.4, -0.2) is 121 Å². The Labute approximate surface area is 421 Å². The lowest BCUT2D eigenvalue weighted by Crippen LogP contribution is -2.42. The molecular weight excluding hydrogens is 921 g/mol. The number of Topliss-reactive ketones (excluding diaryl/α,β-unsaturated/α-hetero) is 2. The predicted octanol–water partition coefficient (Wildman–Crippen LogP) is 8.02. The maximum atomic E-state index is 14.2. The summed E-state index contributed by atoms with van der Waals surface area (Å²) >= 11 is 1.75. The number of benzene rings is 4. The van der Waals surface area contributed by atoms with Gasteiger partial charge in [0, 0.05) is 62.3 Å². The summed E-state index contributed by atoms with van der Waals surface area (Å²) in [4.78, 5) is 82.0. The number of thioether (sulfide) groups is 1. The molecule has 5 amide bonds. The Morgan fingerprint density at radius 2 is 1.34 bits per heavy atom. The fourth-order valence-electron chi connectivity index (χ4n) is 9.82. The molecule has 3 aliphatic rings. The number of carbonyl (C=O) groups is 6. The van der Waals surface area contributed by atoms with Crippen LogP contribution in [0.3, 0.4) is 0 Å². The number of nitrogens with one attached hydrogen (secondary N) is 2. The maximum absolute atomic E-state index is 14.2. The number of carbonyl (C=O) groups excluding carboxylic acids is 6. The van der Waals surface area contributed by atoms with Crippen LogP contribution < -0.4 is 20.1 Å². The molecule has 3 heterocycles. The molecule has 3 aliphatic heterocycles. The first-order valence-electron chi connectivity index (χ1n) is 24.6. The number of fused-ring (bicyclic) bond motifs is 1. The highest BCUT2D eigenvalue weighted by Gasteiger charge is 2.50. The summed E-state index contributed by atoms with van der Waals surface area (Å²) in [5, 5.41) is 5.72. The van der Waals surface area contributed by atoms with Crippen molar-refractivity contribution in [2.45, 2.75) is 119 Å². The number of nitrogens with zero attached hydrogens (tertiary/aromatic N) is 2. The predicted molar refractivity (Wildman–Crippen MR) is 273 cm³/mol. The third kappa shape index (κ3) is 12.7. The van der Waals surface area contributed by atoms with Crippen LogP contribution in [0.5, 0.6) is 11.5 Å². The van der Waals surface area contributed by atoms with Crippen molar-refractivity contribution in [3.63, 3.8) is 0 Å². The first kappa shape index (κ1) is 52.8. The molecule has 14 nitrogen and oxygen atoms in total. The first-order valence-corrected chi connectivity index (χ1v) is 25.7. The van der Waals surface area contributed by atoms with Crippen molar-refractivity contribution in [3.05, 3.63) is 131 Å². The van der Waals surface area contributed by atoms with Gasteiger partial charge in [0.1, 0.15) is 29.5 Å². The van der Waals surface area contributed by atoms with Crippen molar-refractivity contribution in [1.82, 2.24) is 20.4 Å². The van der Waals surface area contributed by atoms with E-state index in [2.05, 4.69) is 31.4 Å². The molecule has 2 N–H and O–H groups in total. The second-order valence-electron chi connectivity index (χ2n) is 19.6. The average Bonchev–Trinajstić information content (AvgIpc) is 4.08. The summed E-state index contributed by atoms with van der Waals surface area (Å²) in [5.41, 5.74) is 2.93. The summed E-state index contributed by atoms with van der Waals surface area (Å²) in [5.74, 6) is 1.06. The van der Waals surface area contributed by atoms with E-state index in [0.717, 1.165) is 35.1 Å². The van der Waals surface area contributed by atoms with Gasteiger partial charge >= 0.3 is 6.03 Å². The van der Waals surface area contributed by atoms with Crippen LogP contribution in [0.2, 0.25) is 0 Å². The molecule has 15 heteroatoms. The Hall–Kier alpha value is -6.03. The van der Waals surface area contributed by atoms with Crippen molar-refractivity contribution < 1.29 is 47.7 Å². The highest BCUT2D eigenvalue weighted by atomic mass is 32.2. The number of methoxy groups -OCH3 is 2. The van der Waals surface area contributed by atoms with Gasteiger partial charge in [0.05, 0.1) is 45.1 Å². The highest BCUT2D eigenvalue weighted by Crippen LogP contribution is 2.43. The van der Waals surface area contributed by atoms with E-state index in [0.29, 0.717) is 42.1 Å². The van der Waals surface area contributed by atoms with E-state index in [1.54, 1.807) is 43.0 Å². The molecule has 0 bridgehead atoms. The average molecular weight is 989 g/mol. The normalized spacial score (nSPS) is 19.8. The number of ketones is 2. The number of ether oxygens (including phenoxy) is 4. The zero-order valence-corrected chi connectivity index (χ0v) is 42.6. The van der Waals surface area contributed by atoms with Crippen LogP contribution in [0.4, 0.5) is 4.79 Å². The number of unbranched alkanes of at least 4 members (excludes halogenated alkanes) is 1. The van der Waals surface area contributed by atoms with E-state index >= 15 is 0 Å². The van der Waals surface area contributed by atoms with Gasteiger partial charge in [0.15, 0.2) is 5.78 Å². The Morgan fingerprint density at radius 1 is 0.732 bits per heavy atom. The Morgan fingerprint density at radius 3 is 1.94 bits per heavy atom. The van der Waals surface area contributed by atoms with Gasteiger partial charge in [-0.05, 0) is 83.3 Å². The summed E-state index contributed by atoms with van der Waals surface area (Å²) < 4.78 is 24.4. The molecule has 7 rings (SSSR count). The molecule has 0 unspecified atom stereocenters. The van der Waals surface area contributed by atoms with Gasteiger partial charge in [-0.1, -0.05) is 93.9 Å². The minimum atomic E-state index is -1.14. The van der Waals surface area contributed by atoms with Gasteiger partial charge in [-0.2, -0.15) is 11.8 Å². The summed E-state index contributed by atoms with van der Waals surface area (Å²) in [7, 11) is 4.75. The fourth-order valence-corrected chi connectivity index (χ4v) is 11.4. The molecule has 3 fully saturated rings. The number of imide groups is 1. The molecule has 71 heavy (non-hydrogen) atoms. The minimum absolute atomic E-state index is 0.00492. The number of amides is 5. The molecule has 5 atom stereocenters. The van der Waals surface area contributed by atoms with Gasteiger partial charge < -0.3 is 34.5 Å². The monoisotopic (exact) mass is 988 g/mol. The highest BCUT2D eigenvalue weighted by molar-refractivity contribution is 8.00. The van der Waals surface area contributed by atoms with Gasteiger partial charge in [0.2, 0.25) is 11.8 Å². The number of rotatable bonds is 23. The van der Waals surface area contributed by atoms with Crippen LogP contribution in [0.25, 0.3) is 0 Å². The molecule has 0 radical (unpaired) electrons. The van der Waals surface area contributed by atoms with E-state index < -0.39 is 17.7 Å². The summed E-state index contributed by atoms with van der Waals surface area (Å²) in [6.45, 7) is 6.45. The van der Waals surface area contributed by atoms with Crippen LogP contribution in [0.15, 0.2) is 103 Å². The van der Waals surface area contributed by atoms with E-state index in [4.69, 9.17) is 18.9 Å². The largest absolute Gasteiger partial charge is 0.497 e. The van der Waals surface area contributed by atoms with Crippen LogP contribution in [0, 0.1) is 0 Å². The van der Waals surface area contributed by atoms with Crippen molar-refractivity contribution in [3.8, 4) is 11.5 Å². The second-order valence-corrected chi connectivity index (χ2v) is 20.9. The second kappa shape index (κ2) is 23.9. The smallest absolute Gasteiger partial charge is 0.325 e. The van der Waals surface area contributed by atoms with E-state index in [1.165, 1.54) is 11.9 Å². The number of likely N-dealkylation sites (tertiary alicyclic amines) is 1. The SMILES string of the molecule is CNC(=O)CCC(=O)CO[C@@H]1C[C@@H](COC(c2ccccc2)(c2ccc(OC)cc2)c2ccc(OC)cc2)N(C(=O)CCC(=O)CCCC[C@@H]2SC[C@H]3[C@@H]2NC(=O)N3C(=O)c2ccc(C(C)(C)C)cc2)C1. The molecule has 0 aromatic heterocycles. The molecular formula is C56H68N4O10S. The standard InChI is InChI=1S/C56H68N4O10S/c1-55(2,3)38-18-16-37(17-19-38)53(65)60-48-36-71-49(52(48)58-54(60)66)15-11-10-14-43(61)25-31-51(64)59-33-47(69-35-44(62)24-30-50(63)57-4)32-42(59)34-70-56(39-12-8-7-9-13-39,40-20-26-45(67-5)27-21-40)41-22-28-46(68-6)29-23-41/h7-9,12-13,16-23,26-29,42,47-49,52H,10-11,14-15,24-25,30-36H2,1-6H3,(H,57,63)(H,58,66)/t42-,47+,48-,49-,52-/m0/s1. The minimum Gasteiger partial charge on any atom is -0.497 e. The molecule has 4 aromatic rings. The van der Waals surface area contributed by atoms with Crippen LogP contribution in [-0.2, 0) is 39.7 Å². The zero-order valence-electron chi connectivity index (χ0n) is 41.8. The van der Waals surface area contributed by atoms with Crippen molar-refractivity contribution in [2.75, 3.05) is 46.8 Å². The molecule has 0 aliphatic carbocycles. The number of hydrogen-bond donors (Lipinski definition) is 2. The fraction of sp³-hybridized carbons (Fsp3) is 0.464. The Balaban J connectivity index is 0.985. The van der Waals surface area contributed by atoms with Gasteiger partial charge in [-0.3, -0.25) is 28.9 Å². The summed E-state index contributed by atoms with van der Waals surface area (Å²) in [6.07, 6.45) is 2.58. The molecule has 4 aromatic carbocycles. The third-order valence-electron chi connectivity index (χ3n) is 13.9. The molecule has 3 saturated heterocycles. The zero-order chi connectivity index (χ0) is 50.7. The topological polar surface area (TPSA) is 170 Å². The Kier molecular flexibility index (Phi) is 17.8. The van der Waals surface area contributed by atoms with Crippen molar-refractivity contribution in [1.29, 1.82) is 0 Å². The van der Waals surface area contributed by atoms with E-state index in [1.807, 2.05) is 91.0 Å². The maximum Gasteiger partial charge on any atom is 0.325 e.